The summed E-state index contributed by atoms with van der Waals surface area (Å²) in [5.41, 5.74) is 3.59. The third-order valence-electron chi connectivity index (χ3n) is 1.96. The molecule has 12 heavy (non-hydrogen) atoms. The van der Waals surface area contributed by atoms with Crippen LogP contribution in [0.5, 0.6) is 0 Å². The van der Waals surface area contributed by atoms with Gasteiger partial charge in [0.15, 0.2) is 0 Å². The maximum Gasteiger partial charge on any atom is 0.0677 e. The van der Waals surface area contributed by atoms with Crippen LogP contribution < -0.4 is 5.01 Å². The van der Waals surface area contributed by atoms with E-state index in [0.29, 0.717) is 0 Å². The summed E-state index contributed by atoms with van der Waals surface area (Å²) in [5.74, 6) is 2.84. The lowest BCUT2D eigenvalue weighted by Gasteiger charge is -2.16. The number of anilines is 1. The maximum absolute atomic E-state index is 4.03. The lowest BCUT2D eigenvalue weighted by atomic mass is 10.1. The van der Waals surface area contributed by atoms with E-state index in [-0.39, 0.29) is 0 Å². The Kier molecular flexibility index (Phi) is 1.49. The van der Waals surface area contributed by atoms with Crippen molar-refractivity contribution in [1.29, 1.82) is 0 Å². The van der Waals surface area contributed by atoms with Crippen LogP contribution in [0.2, 0.25) is 0 Å². The second-order valence-corrected chi connectivity index (χ2v) is 2.96. The quantitative estimate of drug-likeness (QED) is 0.564. The van der Waals surface area contributed by atoms with Gasteiger partial charge >= 0.3 is 0 Å². The van der Waals surface area contributed by atoms with Crippen LogP contribution in [-0.2, 0) is 0 Å². The molecule has 1 aromatic carbocycles. The van der Waals surface area contributed by atoms with Crippen molar-refractivity contribution in [3.63, 3.8) is 0 Å². The number of aryl methyl sites for hydroxylation is 1. The fraction of sp³-hybridized carbons (Fsp3) is 0.200. The van der Waals surface area contributed by atoms with E-state index in [1.807, 2.05) is 18.1 Å². The lowest BCUT2D eigenvalue weighted by molar-refractivity contribution is 1.02. The molecule has 0 fully saturated rings. The Balaban J connectivity index is 2.63. The number of hydrazone groups is 1. The molecule has 0 atom stereocenters. The molecule has 0 spiro atoms. The van der Waals surface area contributed by atoms with Crippen molar-refractivity contribution in [3.05, 3.63) is 29.3 Å². The average Bonchev–Trinajstić information content (AvgIpc) is 2.04. The van der Waals surface area contributed by atoms with Gasteiger partial charge in [-0.1, -0.05) is 11.6 Å². The van der Waals surface area contributed by atoms with Crippen LogP contribution in [0.4, 0.5) is 5.69 Å². The summed E-state index contributed by atoms with van der Waals surface area (Å²) in [6, 6.07) is 6.29. The molecule has 2 heteroatoms. The Morgan fingerprint density at radius 3 is 3.08 bits per heavy atom. The second-order valence-electron chi connectivity index (χ2n) is 2.96. The standard InChI is InChI=1S/C10H10N2/c1-8-3-4-10-9(7-8)5-6-11-12(10)2/h3-5,7H,1-2H3. The molecule has 60 valence electrons. The molecule has 0 aromatic heterocycles. The van der Waals surface area contributed by atoms with Crippen molar-refractivity contribution in [1.82, 2.24) is 0 Å². The van der Waals surface area contributed by atoms with Crippen LogP contribution in [0.25, 0.3) is 6.08 Å². The van der Waals surface area contributed by atoms with Crippen LogP contribution in [-0.4, -0.2) is 12.9 Å². The molecular weight excluding hydrogens is 148 g/mol. The third kappa shape index (κ3) is 1.03. The molecule has 0 radical (unpaired) electrons. The minimum Gasteiger partial charge on any atom is -0.260 e. The number of rotatable bonds is 0. The first kappa shape index (κ1) is 7.14. The molecule has 0 saturated carbocycles. The Morgan fingerprint density at radius 2 is 2.25 bits per heavy atom. The zero-order valence-corrected chi connectivity index (χ0v) is 7.20. The Bertz CT molecular complexity index is 373. The van der Waals surface area contributed by atoms with Crippen LogP contribution in [0.1, 0.15) is 11.1 Å². The minimum absolute atomic E-state index is 1.14. The largest absolute Gasteiger partial charge is 0.260 e. The van der Waals surface area contributed by atoms with Crippen molar-refractivity contribution >= 4 is 17.6 Å². The molecule has 0 bridgehead atoms. The monoisotopic (exact) mass is 158 g/mol. The van der Waals surface area contributed by atoms with E-state index < -0.39 is 0 Å². The Labute approximate surface area is 71.8 Å². The predicted molar refractivity (Wildman–Crippen MR) is 51.5 cm³/mol. The summed E-state index contributed by atoms with van der Waals surface area (Å²) < 4.78 is 0. The average molecular weight is 158 g/mol. The van der Waals surface area contributed by atoms with Gasteiger partial charge in [0.05, 0.1) is 5.69 Å². The lowest BCUT2D eigenvalue weighted by Crippen LogP contribution is -2.11. The summed E-state index contributed by atoms with van der Waals surface area (Å²) in [4.78, 5) is 0. The minimum atomic E-state index is 1.14. The summed E-state index contributed by atoms with van der Waals surface area (Å²) in [6.07, 6.45) is 1.91. The van der Waals surface area contributed by atoms with Crippen LogP contribution in [0.15, 0.2) is 23.3 Å². The van der Waals surface area contributed by atoms with Gasteiger partial charge in [0.25, 0.3) is 0 Å². The number of hydrogen-bond acceptors (Lipinski definition) is 2. The second kappa shape index (κ2) is 2.50. The van der Waals surface area contributed by atoms with Crippen molar-refractivity contribution in [3.8, 4) is 0 Å². The summed E-state index contributed by atoms with van der Waals surface area (Å²) in [5, 5.41) is 5.86. The first-order chi connectivity index (χ1) is 5.77. The highest BCUT2D eigenvalue weighted by Crippen LogP contribution is 2.23. The van der Waals surface area contributed by atoms with E-state index in [1.165, 1.54) is 11.1 Å². The highest BCUT2D eigenvalue weighted by atomic mass is 15.4. The highest BCUT2D eigenvalue weighted by molar-refractivity contribution is 5.86. The number of benzene rings is 1. The molecule has 1 aromatic rings. The van der Waals surface area contributed by atoms with E-state index in [9.17, 15) is 0 Å². The van der Waals surface area contributed by atoms with Gasteiger partial charge in [0, 0.05) is 24.6 Å². The van der Waals surface area contributed by atoms with Gasteiger partial charge in [-0.15, -0.1) is 5.10 Å². The fourth-order valence-corrected chi connectivity index (χ4v) is 1.32. The maximum atomic E-state index is 4.03. The molecule has 2 rings (SSSR count). The summed E-state index contributed by atoms with van der Waals surface area (Å²) in [6.45, 7) is 2.08. The topological polar surface area (TPSA) is 15.6 Å². The van der Waals surface area contributed by atoms with Gasteiger partial charge in [0.2, 0.25) is 0 Å². The smallest absolute Gasteiger partial charge is 0.0677 e. The Hall–Kier alpha value is -1.53. The summed E-state index contributed by atoms with van der Waals surface area (Å²) >= 11 is 0. The first-order valence-electron chi connectivity index (χ1n) is 3.91. The van der Waals surface area contributed by atoms with Crippen molar-refractivity contribution in [2.75, 3.05) is 12.1 Å². The van der Waals surface area contributed by atoms with E-state index >= 15 is 0 Å². The molecule has 0 amide bonds. The van der Waals surface area contributed by atoms with E-state index in [1.54, 1.807) is 0 Å². The van der Waals surface area contributed by atoms with Crippen molar-refractivity contribution in [2.45, 2.75) is 6.92 Å². The van der Waals surface area contributed by atoms with Gasteiger partial charge in [-0.2, -0.15) is 0 Å². The van der Waals surface area contributed by atoms with Gasteiger partial charge in [-0.05, 0) is 19.1 Å². The van der Waals surface area contributed by atoms with Gasteiger partial charge in [-0.3, -0.25) is 5.01 Å². The van der Waals surface area contributed by atoms with E-state index in [0.717, 1.165) is 5.69 Å². The van der Waals surface area contributed by atoms with Crippen LogP contribution >= 0.6 is 0 Å². The SMILES string of the molecule is Cc1ccc2c(c1)C=C=NN2C. The summed E-state index contributed by atoms with van der Waals surface area (Å²) in [7, 11) is 1.92. The normalized spacial score (nSPS) is 13.3. The van der Waals surface area contributed by atoms with Crippen molar-refractivity contribution in [2.24, 2.45) is 5.10 Å². The molecule has 1 aliphatic rings. The molecule has 0 aliphatic carbocycles. The van der Waals surface area contributed by atoms with E-state index in [4.69, 9.17) is 0 Å². The molecule has 1 heterocycles. The number of nitrogens with zero attached hydrogens (tertiary/aromatic N) is 2. The van der Waals surface area contributed by atoms with Crippen LogP contribution in [0.3, 0.4) is 0 Å². The van der Waals surface area contributed by atoms with E-state index in [2.05, 4.69) is 36.1 Å². The Morgan fingerprint density at radius 1 is 1.42 bits per heavy atom. The molecule has 0 unspecified atom stereocenters. The third-order valence-corrected chi connectivity index (χ3v) is 1.96. The zero-order valence-electron chi connectivity index (χ0n) is 7.20. The van der Waals surface area contributed by atoms with Crippen LogP contribution in [0, 0.1) is 6.92 Å². The zero-order chi connectivity index (χ0) is 8.55. The molecular formula is C10H10N2. The van der Waals surface area contributed by atoms with Gasteiger partial charge in [-0.25, -0.2) is 0 Å². The van der Waals surface area contributed by atoms with Gasteiger partial charge in [0.1, 0.15) is 0 Å². The highest BCUT2D eigenvalue weighted by Gasteiger charge is 2.06. The van der Waals surface area contributed by atoms with Gasteiger partial charge < -0.3 is 0 Å². The molecule has 0 N–H and O–H groups in total. The number of hydrogen-bond donors (Lipinski definition) is 0. The molecule has 0 saturated heterocycles. The fourth-order valence-electron chi connectivity index (χ4n) is 1.32. The van der Waals surface area contributed by atoms with Crippen molar-refractivity contribution < 1.29 is 0 Å². The molecule has 2 nitrogen and oxygen atoms in total. The number of fused-ring (bicyclic) bond motifs is 1. The predicted octanol–water partition coefficient (Wildman–Crippen LogP) is 2.04. The first-order valence-corrected chi connectivity index (χ1v) is 3.91. The molecule has 1 aliphatic heterocycles.